The van der Waals surface area contributed by atoms with Gasteiger partial charge in [0.05, 0.1) is 13.2 Å². The van der Waals surface area contributed by atoms with Gasteiger partial charge in [-0.3, -0.25) is 6.29 Å². The Balaban J connectivity index is 0.000000229. The maximum atomic E-state index is 8.68. The van der Waals surface area contributed by atoms with E-state index in [2.05, 4.69) is 25.1 Å². The van der Waals surface area contributed by atoms with Crippen molar-refractivity contribution in [2.75, 3.05) is 19.8 Å². The summed E-state index contributed by atoms with van der Waals surface area (Å²) >= 11 is 0. The summed E-state index contributed by atoms with van der Waals surface area (Å²) in [5.74, 6) is 0. The van der Waals surface area contributed by atoms with Gasteiger partial charge in [0.2, 0.25) is 0 Å². The van der Waals surface area contributed by atoms with Crippen LogP contribution in [0.3, 0.4) is 0 Å². The molecule has 0 unspecified atom stereocenters. The molecule has 139 valence electrons. The van der Waals surface area contributed by atoms with E-state index in [1.165, 1.54) is 30.7 Å². The SMILES string of the molecule is C[C-]=O.Cc1ccccc1B1OCCO1.[Y].[c-]1ccccc1B1CCCO1. The molecule has 0 aliphatic carbocycles. The van der Waals surface area contributed by atoms with Gasteiger partial charge in [-0.05, 0) is 25.1 Å². The number of rotatable bonds is 2. The fourth-order valence-corrected chi connectivity index (χ4v) is 2.82. The Kier molecular flexibility index (Phi) is 12.8. The zero-order valence-electron chi connectivity index (χ0n) is 16.0. The molecule has 0 amide bonds. The average Bonchev–Trinajstić information content (AvgIpc) is 3.38. The van der Waals surface area contributed by atoms with Crippen LogP contribution in [-0.2, 0) is 51.5 Å². The minimum absolute atomic E-state index is 0. The summed E-state index contributed by atoms with van der Waals surface area (Å²) in [4.78, 5) is 8.68. The first-order valence-electron chi connectivity index (χ1n) is 8.92. The normalized spacial score (nSPS) is 15.0. The van der Waals surface area contributed by atoms with E-state index in [0.29, 0.717) is 20.1 Å². The number of hydrogen-bond acceptors (Lipinski definition) is 4. The predicted molar refractivity (Wildman–Crippen MR) is 106 cm³/mol. The Morgan fingerprint density at radius 1 is 1.00 bits per heavy atom. The van der Waals surface area contributed by atoms with Gasteiger partial charge in [0.25, 0.3) is 0 Å². The van der Waals surface area contributed by atoms with Crippen LogP contribution < -0.4 is 10.9 Å². The third kappa shape index (κ3) is 8.41. The minimum atomic E-state index is -0.133. The second-order valence-electron chi connectivity index (χ2n) is 5.95. The molecule has 2 aliphatic rings. The van der Waals surface area contributed by atoms with E-state index in [-0.39, 0.29) is 39.8 Å². The van der Waals surface area contributed by atoms with Crippen LogP contribution in [0, 0.1) is 13.0 Å². The minimum Gasteiger partial charge on any atom is -0.542 e. The van der Waals surface area contributed by atoms with Gasteiger partial charge >= 0.3 is 14.0 Å². The molecule has 4 nitrogen and oxygen atoms in total. The van der Waals surface area contributed by atoms with E-state index >= 15 is 0 Å². The van der Waals surface area contributed by atoms with Gasteiger partial charge in [0.15, 0.2) is 0 Å². The Hall–Kier alpha value is -0.776. The number of aryl methyl sites for hydroxylation is 1. The van der Waals surface area contributed by atoms with E-state index in [0.717, 1.165) is 18.4 Å². The smallest absolute Gasteiger partial charge is 0.494 e. The standard InChI is InChI=1S/C9H11BO2.C9H10BO.C2H3O.Y/c1-8-4-2-3-5-9(8)10-11-6-7-12-10;1-2-5-9(6-3-1)10-7-4-8-11-10;1-2-3;/h2-5H,6-7H2,1H3;1-3,5H,4,7-8H2;1H3;/q;2*-1;. The molecule has 27 heavy (non-hydrogen) atoms. The molecule has 2 heterocycles. The van der Waals surface area contributed by atoms with E-state index in [1.54, 1.807) is 0 Å². The van der Waals surface area contributed by atoms with Gasteiger partial charge in [-0.25, -0.2) is 0 Å². The summed E-state index contributed by atoms with van der Waals surface area (Å²) in [6.45, 7) is 6.03. The third-order valence-electron chi connectivity index (χ3n) is 4.07. The zero-order valence-corrected chi connectivity index (χ0v) is 18.9. The second-order valence-corrected chi connectivity index (χ2v) is 5.95. The maximum Gasteiger partial charge on any atom is 0.494 e. The van der Waals surface area contributed by atoms with Crippen molar-refractivity contribution in [3.63, 3.8) is 0 Å². The molecule has 2 aliphatic heterocycles. The van der Waals surface area contributed by atoms with E-state index in [9.17, 15) is 0 Å². The molecule has 0 saturated carbocycles. The fraction of sp³-hybridized carbons (Fsp3) is 0.350. The first kappa shape index (κ1) is 24.3. The van der Waals surface area contributed by atoms with Crippen LogP contribution in [0.4, 0.5) is 0 Å². The van der Waals surface area contributed by atoms with Crippen molar-refractivity contribution >= 4 is 31.2 Å². The topological polar surface area (TPSA) is 44.8 Å². The van der Waals surface area contributed by atoms with Crippen molar-refractivity contribution in [2.45, 2.75) is 26.6 Å². The van der Waals surface area contributed by atoms with Crippen LogP contribution in [0.1, 0.15) is 18.9 Å². The molecule has 1 radical (unpaired) electrons. The van der Waals surface area contributed by atoms with E-state index < -0.39 is 0 Å². The molecule has 0 bridgehead atoms. The van der Waals surface area contributed by atoms with Gasteiger partial charge in [-0.2, -0.15) is 42.7 Å². The van der Waals surface area contributed by atoms with E-state index in [4.69, 9.17) is 18.8 Å². The Labute approximate surface area is 188 Å². The van der Waals surface area contributed by atoms with E-state index in [1.807, 2.05) is 36.4 Å². The first-order valence-corrected chi connectivity index (χ1v) is 8.92. The van der Waals surface area contributed by atoms with Gasteiger partial charge in [-0.1, -0.05) is 29.8 Å². The first-order chi connectivity index (χ1) is 12.8. The van der Waals surface area contributed by atoms with Gasteiger partial charge in [-0.15, -0.1) is 0 Å². The molecule has 2 aromatic rings. The van der Waals surface area contributed by atoms with Crippen molar-refractivity contribution in [1.82, 2.24) is 0 Å². The molecular formula is C20H24B2O4Y-2. The fourth-order valence-electron chi connectivity index (χ4n) is 2.82. The number of hydrogen-bond donors (Lipinski definition) is 0. The van der Waals surface area contributed by atoms with Crippen molar-refractivity contribution in [2.24, 2.45) is 0 Å². The van der Waals surface area contributed by atoms with Crippen LogP contribution in [-0.4, -0.2) is 40.1 Å². The maximum absolute atomic E-state index is 8.68. The van der Waals surface area contributed by atoms with Gasteiger partial charge in [0.1, 0.15) is 0 Å². The summed E-state index contributed by atoms with van der Waals surface area (Å²) in [6, 6.07) is 19.4. The van der Waals surface area contributed by atoms with Gasteiger partial charge in [0, 0.05) is 39.3 Å². The summed E-state index contributed by atoms with van der Waals surface area (Å²) < 4.78 is 16.3. The zero-order chi connectivity index (χ0) is 18.6. The second kappa shape index (κ2) is 14.3. The largest absolute Gasteiger partial charge is 0.542 e. The van der Waals surface area contributed by atoms with Crippen LogP contribution in [0.5, 0.6) is 0 Å². The molecule has 7 heteroatoms. The quantitative estimate of drug-likeness (QED) is 0.531. The Morgan fingerprint density at radius 3 is 2.22 bits per heavy atom. The average molecular weight is 439 g/mol. The predicted octanol–water partition coefficient (Wildman–Crippen LogP) is 1.96. The van der Waals surface area contributed by atoms with Crippen molar-refractivity contribution < 1.29 is 51.5 Å². The molecule has 2 aromatic carbocycles. The third-order valence-corrected chi connectivity index (χ3v) is 4.07. The molecule has 0 aromatic heterocycles. The summed E-state index contributed by atoms with van der Waals surface area (Å²) in [5, 5.41) is 0. The van der Waals surface area contributed by atoms with Crippen molar-refractivity contribution in [3.05, 3.63) is 60.2 Å². The number of carbonyl (C=O) groups excluding carboxylic acids is 1. The van der Waals surface area contributed by atoms with Crippen LogP contribution in [0.2, 0.25) is 6.32 Å². The molecule has 2 fully saturated rings. The molecular weight excluding hydrogens is 415 g/mol. The molecule has 2 saturated heterocycles. The van der Waals surface area contributed by atoms with Crippen LogP contribution >= 0.6 is 0 Å². The van der Waals surface area contributed by atoms with Crippen molar-refractivity contribution in [3.8, 4) is 0 Å². The summed E-state index contributed by atoms with van der Waals surface area (Å²) in [5.41, 5.74) is 3.57. The number of benzene rings is 2. The molecule has 4 rings (SSSR count). The Bertz CT molecular complexity index is 645. The van der Waals surface area contributed by atoms with Crippen LogP contribution in [0.15, 0.2) is 48.5 Å². The van der Waals surface area contributed by atoms with Crippen molar-refractivity contribution in [1.29, 1.82) is 0 Å². The summed E-state index contributed by atoms with van der Waals surface area (Å²) in [7, 11) is -0.133. The molecule has 0 atom stereocenters. The monoisotopic (exact) mass is 439 g/mol. The Morgan fingerprint density at radius 2 is 1.67 bits per heavy atom. The van der Waals surface area contributed by atoms with Crippen LogP contribution in [0.25, 0.3) is 0 Å². The van der Waals surface area contributed by atoms with Gasteiger partial charge < -0.3 is 18.8 Å². The molecule has 0 spiro atoms. The summed E-state index contributed by atoms with van der Waals surface area (Å²) in [6.07, 6.45) is 3.84. The molecule has 0 N–H and O–H groups in total.